The molecule has 3 aromatic rings. The lowest BCUT2D eigenvalue weighted by Crippen LogP contribution is -2.45. The number of halogens is 1. The Balaban J connectivity index is 1.35. The Morgan fingerprint density at radius 1 is 0.909 bits per heavy atom. The number of benzene rings is 3. The fourth-order valence-electron chi connectivity index (χ4n) is 4.97. The van der Waals surface area contributed by atoms with Crippen molar-refractivity contribution in [2.24, 2.45) is 0 Å². The van der Waals surface area contributed by atoms with E-state index in [9.17, 15) is 14.0 Å². The van der Waals surface area contributed by atoms with Crippen molar-refractivity contribution in [1.29, 1.82) is 0 Å². The number of carbonyl (C=O) groups is 2. The lowest BCUT2D eigenvalue weighted by atomic mass is 10.1. The number of amides is 2. The molecule has 0 aromatic heterocycles. The number of nitrogens with one attached hydrogen (secondary N) is 1. The van der Waals surface area contributed by atoms with Crippen LogP contribution < -0.4 is 10.2 Å². The molecule has 1 saturated heterocycles. The van der Waals surface area contributed by atoms with Crippen molar-refractivity contribution in [3.63, 3.8) is 0 Å². The Hall–Kier alpha value is -3.51. The Kier molecular flexibility index (Phi) is 5.92. The molecule has 2 atom stereocenters. The molecular weight excluding hydrogens is 417 g/mol. The van der Waals surface area contributed by atoms with Gasteiger partial charge in [0, 0.05) is 48.5 Å². The van der Waals surface area contributed by atoms with E-state index >= 15 is 0 Å². The number of hydrogen-bond acceptors (Lipinski definition) is 3. The quantitative estimate of drug-likeness (QED) is 0.656. The van der Waals surface area contributed by atoms with Gasteiger partial charge in [-0.25, -0.2) is 4.39 Å². The molecule has 1 fully saturated rings. The molecule has 0 spiro atoms. The van der Waals surface area contributed by atoms with Crippen molar-refractivity contribution in [3.05, 3.63) is 101 Å². The first-order chi connectivity index (χ1) is 16.1. The maximum atomic E-state index is 13.5. The van der Waals surface area contributed by atoms with Gasteiger partial charge in [0.15, 0.2) is 0 Å². The van der Waals surface area contributed by atoms with E-state index in [1.807, 2.05) is 53.4 Å². The smallest absolute Gasteiger partial charge is 0.258 e. The largest absolute Gasteiger partial charge is 0.350 e. The summed E-state index contributed by atoms with van der Waals surface area (Å²) in [7, 11) is 0. The second-order valence-corrected chi connectivity index (χ2v) is 8.69. The van der Waals surface area contributed by atoms with Crippen LogP contribution in [-0.4, -0.2) is 41.9 Å². The first-order valence-corrected chi connectivity index (χ1v) is 11.3. The second kappa shape index (κ2) is 9.16. The second-order valence-electron chi connectivity index (χ2n) is 8.69. The van der Waals surface area contributed by atoms with Crippen LogP contribution in [0.4, 0.5) is 10.1 Å². The Bertz CT molecular complexity index is 1170. The zero-order chi connectivity index (χ0) is 22.8. The van der Waals surface area contributed by atoms with Gasteiger partial charge in [0.05, 0.1) is 0 Å². The van der Waals surface area contributed by atoms with Crippen LogP contribution in [0.15, 0.2) is 78.9 Å². The summed E-state index contributed by atoms with van der Waals surface area (Å²) in [5.41, 5.74) is 3.05. The molecule has 3 aromatic carbocycles. The van der Waals surface area contributed by atoms with Crippen LogP contribution in [0.3, 0.4) is 0 Å². The predicted molar refractivity (Wildman–Crippen MR) is 126 cm³/mol. The molecule has 6 heteroatoms. The normalized spacial score (nSPS) is 20.0. The molecule has 0 aliphatic carbocycles. The molecule has 168 valence electrons. The fourth-order valence-corrected chi connectivity index (χ4v) is 4.97. The molecule has 2 amide bonds. The van der Waals surface area contributed by atoms with Crippen molar-refractivity contribution < 1.29 is 14.0 Å². The summed E-state index contributed by atoms with van der Waals surface area (Å²) < 4.78 is 13.5. The minimum atomic E-state index is -0.420. The summed E-state index contributed by atoms with van der Waals surface area (Å²) in [6, 6.07) is 23.6. The topological polar surface area (TPSA) is 52.7 Å². The summed E-state index contributed by atoms with van der Waals surface area (Å²) in [4.78, 5) is 30.2. The molecule has 1 N–H and O–H groups in total. The Morgan fingerprint density at radius 3 is 2.48 bits per heavy atom. The van der Waals surface area contributed by atoms with Crippen molar-refractivity contribution in [2.45, 2.75) is 31.5 Å². The standard InChI is InChI=1S/C27H26FN3O2/c28-22-11-6-10-20(15-22)26(32)29-16-23-13-14-24-18-31(27(33)19-7-2-1-3-8-19)25-12-5-4-9-21(25)17-30(23)24/h1-12,15,23-24H,13-14,16-18H2,(H,29,32)/t23-,24+/m1/s1. The van der Waals surface area contributed by atoms with E-state index in [1.54, 1.807) is 12.1 Å². The molecule has 0 bridgehead atoms. The number of para-hydroxylation sites is 1. The molecule has 2 aliphatic heterocycles. The maximum absolute atomic E-state index is 13.5. The highest BCUT2D eigenvalue weighted by Crippen LogP contribution is 2.35. The highest BCUT2D eigenvalue weighted by Gasteiger charge is 2.39. The van der Waals surface area contributed by atoms with Crippen LogP contribution in [0.1, 0.15) is 39.1 Å². The minimum absolute atomic E-state index is 0.00718. The highest BCUT2D eigenvalue weighted by molar-refractivity contribution is 6.06. The van der Waals surface area contributed by atoms with Gasteiger partial charge in [0.2, 0.25) is 0 Å². The average molecular weight is 444 g/mol. The monoisotopic (exact) mass is 443 g/mol. The zero-order valence-electron chi connectivity index (χ0n) is 18.3. The molecule has 0 saturated carbocycles. The minimum Gasteiger partial charge on any atom is -0.350 e. The molecule has 2 aliphatic rings. The van der Waals surface area contributed by atoms with Crippen molar-refractivity contribution in [1.82, 2.24) is 10.2 Å². The molecule has 5 rings (SSSR count). The van der Waals surface area contributed by atoms with Crippen molar-refractivity contribution in [2.75, 3.05) is 18.0 Å². The van der Waals surface area contributed by atoms with Crippen molar-refractivity contribution in [3.8, 4) is 0 Å². The molecule has 2 heterocycles. The lowest BCUT2D eigenvalue weighted by molar-refractivity contribution is 0.0933. The third-order valence-electron chi connectivity index (χ3n) is 6.65. The Labute approximate surface area is 192 Å². The molecular formula is C27H26FN3O2. The maximum Gasteiger partial charge on any atom is 0.258 e. The summed E-state index contributed by atoms with van der Waals surface area (Å²) >= 11 is 0. The van der Waals surface area contributed by atoms with Crippen molar-refractivity contribution >= 4 is 17.5 Å². The highest BCUT2D eigenvalue weighted by atomic mass is 19.1. The van der Waals surface area contributed by atoms with Gasteiger partial charge >= 0.3 is 0 Å². The third kappa shape index (κ3) is 4.39. The average Bonchev–Trinajstić information content (AvgIpc) is 3.14. The van der Waals surface area contributed by atoms with E-state index in [-0.39, 0.29) is 23.9 Å². The lowest BCUT2D eigenvalue weighted by Gasteiger charge is -2.29. The summed E-state index contributed by atoms with van der Waals surface area (Å²) in [5.74, 6) is -0.683. The van der Waals surface area contributed by atoms with Crippen LogP contribution in [0.2, 0.25) is 0 Å². The van der Waals surface area contributed by atoms with Crippen LogP contribution in [-0.2, 0) is 6.54 Å². The number of hydrogen-bond donors (Lipinski definition) is 1. The van der Waals surface area contributed by atoms with Crippen LogP contribution in [0, 0.1) is 5.82 Å². The van der Waals surface area contributed by atoms with Crippen LogP contribution in [0.25, 0.3) is 0 Å². The fraction of sp³-hybridized carbons (Fsp3) is 0.259. The number of anilines is 1. The van der Waals surface area contributed by atoms with Crippen LogP contribution >= 0.6 is 0 Å². The molecule has 5 nitrogen and oxygen atoms in total. The summed E-state index contributed by atoms with van der Waals surface area (Å²) in [6.07, 6.45) is 1.89. The Morgan fingerprint density at radius 2 is 1.67 bits per heavy atom. The van der Waals surface area contributed by atoms with Gasteiger partial charge in [-0.3, -0.25) is 14.5 Å². The molecule has 33 heavy (non-hydrogen) atoms. The first kappa shape index (κ1) is 21.3. The number of fused-ring (bicyclic) bond motifs is 2. The van der Waals surface area contributed by atoms with Gasteiger partial charge in [-0.2, -0.15) is 0 Å². The van der Waals surface area contributed by atoms with E-state index in [0.29, 0.717) is 24.2 Å². The molecule has 0 unspecified atom stereocenters. The first-order valence-electron chi connectivity index (χ1n) is 11.3. The summed E-state index contributed by atoms with van der Waals surface area (Å²) in [6.45, 7) is 1.82. The SMILES string of the molecule is O=C(NC[C@H]1CC[C@H]2CN(C(=O)c3ccccc3)c3ccccc3CN12)c1cccc(F)c1. The third-order valence-corrected chi connectivity index (χ3v) is 6.65. The predicted octanol–water partition coefficient (Wildman–Crippen LogP) is 4.25. The van der Waals surface area contributed by atoms with E-state index in [2.05, 4.69) is 16.3 Å². The van der Waals surface area contributed by atoms with Gasteiger partial charge in [-0.15, -0.1) is 0 Å². The van der Waals surface area contributed by atoms with Gasteiger partial charge in [-0.05, 0) is 54.8 Å². The number of rotatable bonds is 4. The zero-order valence-corrected chi connectivity index (χ0v) is 18.3. The van der Waals surface area contributed by atoms with E-state index < -0.39 is 5.82 Å². The van der Waals surface area contributed by atoms with Gasteiger partial charge in [0.25, 0.3) is 11.8 Å². The van der Waals surface area contributed by atoms with Gasteiger partial charge < -0.3 is 10.2 Å². The number of nitrogens with zero attached hydrogens (tertiary/aromatic N) is 2. The van der Waals surface area contributed by atoms with E-state index in [1.165, 1.54) is 12.1 Å². The number of carbonyl (C=O) groups excluding carboxylic acids is 2. The van der Waals surface area contributed by atoms with Gasteiger partial charge in [-0.1, -0.05) is 42.5 Å². The summed E-state index contributed by atoms with van der Waals surface area (Å²) in [5, 5.41) is 2.98. The van der Waals surface area contributed by atoms with E-state index in [4.69, 9.17) is 0 Å². The molecule has 0 radical (unpaired) electrons. The van der Waals surface area contributed by atoms with Crippen LogP contribution in [0.5, 0.6) is 0 Å². The van der Waals surface area contributed by atoms with E-state index in [0.717, 1.165) is 30.6 Å². The van der Waals surface area contributed by atoms with Gasteiger partial charge in [0.1, 0.15) is 5.82 Å².